The normalized spacial score (nSPS) is 10.6. The number of ether oxygens (including phenoxy) is 1. The van der Waals surface area contributed by atoms with E-state index in [9.17, 15) is 9.59 Å². The van der Waals surface area contributed by atoms with Crippen LogP contribution in [0.4, 0.5) is 5.69 Å². The van der Waals surface area contributed by atoms with Crippen LogP contribution in [0.2, 0.25) is 0 Å². The average Bonchev–Trinajstić information content (AvgIpc) is 2.73. The molecule has 0 aliphatic heterocycles. The summed E-state index contributed by atoms with van der Waals surface area (Å²) in [7, 11) is 0. The van der Waals surface area contributed by atoms with E-state index in [-0.39, 0.29) is 12.5 Å². The van der Waals surface area contributed by atoms with E-state index in [4.69, 9.17) is 9.15 Å². The van der Waals surface area contributed by atoms with E-state index in [1.165, 1.54) is 6.07 Å². The molecule has 0 fully saturated rings. The van der Waals surface area contributed by atoms with Crippen molar-refractivity contribution in [2.45, 2.75) is 0 Å². The SMILES string of the molecule is O=C(COc1ccc2ccc(=O)oc2c1)Nc1ccc(-c2ccccc2)cc1. The lowest BCUT2D eigenvalue weighted by atomic mass is 10.1. The molecule has 0 aliphatic carbocycles. The number of benzene rings is 3. The number of fused-ring (bicyclic) bond motifs is 1. The molecule has 0 saturated carbocycles. The predicted octanol–water partition coefficient (Wildman–Crippen LogP) is 4.48. The maximum Gasteiger partial charge on any atom is 0.336 e. The number of rotatable bonds is 5. The molecule has 0 unspecified atom stereocenters. The lowest BCUT2D eigenvalue weighted by Crippen LogP contribution is -2.20. The van der Waals surface area contributed by atoms with Crippen molar-refractivity contribution < 1.29 is 13.9 Å². The smallest absolute Gasteiger partial charge is 0.336 e. The Morgan fingerprint density at radius 3 is 2.36 bits per heavy atom. The Balaban J connectivity index is 1.37. The molecule has 0 bridgehead atoms. The molecule has 1 N–H and O–H groups in total. The summed E-state index contributed by atoms with van der Waals surface area (Å²) in [6.07, 6.45) is 0. The summed E-state index contributed by atoms with van der Waals surface area (Å²) in [6, 6.07) is 25.8. The van der Waals surface area contributed by atoms with Crippen molar-refractivity contribution in [3.63, 3.8) is 0 Å². The van der Waals surface area contributed by atoms with Crippen molar-refractivity contribution in [2.24, 2.45) is 0 Å². The summed E-state index contributed by atoms with van der Waals surface area (Å²) in [4.78, 5) is 23.5. The van der Waals surface area contributed by atoms with Crippen LogP contribution in [0.25, 0.3) is 22.1 Å². The standard InChI is InChI=1S/C23H17NO4/c25-22(15-27-20-12-8-18-9-13-23(26)28-21(18)14-20)24-19-10-6-17(7-11-19)16-4-2-1-3-5-16/h1-14H,15H2,(H,24,25). The van der Waals surface area contributed by atoms with Gasteiger partial charge in [0.1, 0.15) is 11.3 Å². The van der Waals surface area contributed by atoms with Gasteiger partial charge in [-0.2, -0.15) is 0 Å². The summed E-state index contributed by atoms with van der Waals surface area (Å²) in [6.45, 7) is -0.150. The van der Waals surface area contributed by atoms with Crippen LogP contribution >= 0.6 is 0 Å². The van der Waals surface area contributed by atoms with Crippen molar-refractivity contribution in [2.75, 3.05) is 11.9 Å². The van der Waals surface area contributed by atoms with Gasteiger partial charge in [-0.15, -0.1) is 0 Å². The van der Waals surface area contributed by atoms with Crippen LogP contribution in [0.15, 0.2) is 94.1 Å². The van der Waals surface area contributed by atoms with E-state index in [0.717, 1.165) is 16.5 Å². The van der Waals surface area contributed by atoms with Gasteiger partial charge in [-0.25, -0.2) is 4.79 Å². The van der Waals surface area contributed by atoms with Crippen molar-refractivity contribution in [3.8, 4) is 16.9 Å². The Morgan fingerprint density at radius 1 is 0.857 bits per heavy atom. The van der Waals surface area contributed by atoms with Crippen molar-refractivity contribution in [3.05, 3.63) is 95.3 Å². The minimum absolute atomic E-state index is 0.150. The minimum atomic E-state index is -0.429. The Labute approximate surface area is 161 Å². The van der Waals surface area contributed by atoms with Gasteiger partial charge in [-0.1, -0.05) is 42.5 Å². The van der Waals surface area contributed by atoms with Crippen molar-refractivity contribution in [1.82, 2.24) is 0 Å². The van der Waals surface area contributed by atoms with Gasteiger partial charge in [-0.05, 0) is 41.5 Å². The Kier molecular flexibility index (Phi) is 4.89. The Bertz CT molecular complexity index is 1160. The topological polar surface area (TPSA) is 68.5 Å². The van der Waals surface area contributed by atoms with Crippen molar-refractivity contribution in [1.29, 1.82) is 0 Å². The monoisotopic (exact) mass is 371 g/mol. The van der Waals surface area contributed by atoms with Gasteiger partial charge < -0.3 is 14.5 Å². The summed E-state index contributed by atoms with van der Waals surface area (Å²) in [5.41, 5.74) is 2.88. The number of amides is 1. The summed E-state index contributed by atoms with van der Waals surface area (Å²) < 4.78 is 10.6. The molecule has 1 heterocycles. The highest BCUT2D eigenvalue weighted by molar-refractivity contribution is 5.92. The zero-order chi connectivity index (χ0) is 19.3. The van der Waals surface area contributed by atoms with Gasteiger partial charge in [0.2, 0.25) is 0 Å². The molecule has 0 atom stereocenters. The van der Waals surface area contributed by atoms with Gasteiger partial charge in [0.25, 0.3) is 5.91 Å². The third-order valence-electron chi connectivity index (χ3n) is 4.24. The third-order valence-corrected chi connectivity index (χ3v) is 4.24. The van der Waals surface area contributed by atoms with E-state index < -0.39 is 5.63 Å². The summed E-state index contributed by atoms with van der Waals surface area (Å²) in [5, 5.41) is 3.59. The number of hydrogen-bond acceptors (Lipinski definition) is 4. The van der Waals surface area contributed by atoms with Crippen molar-refractivity contribution >= 4 is 22.6 Å². The largest absolute Gasteiger partial charge is 0.484 e. The molecular weight excluding hydrogens is 354 g/mol. The summed E-state index contributed by atoms with van der Waals surface area (Å²) in [5.74, 6) is 0.179. The highest BCUT2D eigenvalue weighted by Crippen LogP contribution is 2.21. The fourth-order valence-electron chi connectivity index (χ4n) is 2.85. The van der Waals surface area contributed by atoms with E-state index in [0.29, 0.717) is 17.0 Å². The second kappa shape index (κ2) is 7.80. The van der Waals surface area contributed by atoms with Crippen LogP contribution in [-0.2, 0) is 4.79 Å². The molecule has 0 aliphatic rings. The van der Waals surface area contributed by atoms with E-state index in [2.05, 4.69) is 5.32 Å². The predicted molar refractivity (Wildman–Crippen MR) is 108 cm³/mol. The van der Waals surface area contributed by atoms with Crippen LogP contribution in [0.1, 0.15) is 0 Å². The van der Waals surface area contributed by atoms with Crippen LogP contribution < -0.4 is 15.7 Å². The molecule has 4 rings (SSSR count). The fourth-order valence-corrected chi connectivity index (χ4v) is 2.85. The van der Waals surface area contributed by atoms with Gasteiger partial charge in [0.15, 0.2) is 6.61 Å². The molecular formula is C23H17NO4. The zero-order valence-electron chi connectivity index (χ0n) is 14.9. The quantitative estimate of drug-likeness (QED) is 0.525. The molecule has 0 spiro atoms. The lowest BCUT2D eigenvalue weighted by Gasteiger charge is -2.09. The summed E-state index contributed by atoms with van der Waals surface area (Å²) >= 11 is 0. The molecule has 0 radical (unpaired) electrons. The van der Waals surface area contributed by atoms with Gasteiger partial charge in [-0.3, -0.25) is 4.79 Å². The Morgan fingerprint density at radius 2 is 1.57 bits per heavy atom. The van der Waals surface area contributed by atoms with E-state index in [1.807, 2.05) is 54.6 Å². The number of carbonyl (C=O) groups excluding carboxylic acids is 1. The average molecular weight is 371 g/mol. The maximum atomic E-state index is 12.1. The lowest BCUT2D eigenvalue weighted by molar-refractivity contribution is -0.118. The van der Waals surface area contributed by atoms with Crippen LogP contribution in [-0.4, -0.2) is 12.5 Å². The minimum Gasteiger partial charge on any atom is -0.484 e. The number of anilines is 1. The number of carbonyl (C=O) groups is 1. The molecule has 1 amide bonds. The van der Waals surface area contributed by atoms with Gasteiger partial charge in [0, 0.05) is 23.2 Å². The van der Waals surface area contributed by atoms with Gasteiger partial charge in [0.05, 0.1) is 0 Å². The van der Waals surface area contributed by atoms with E-state index in [1.54, 1.807) is 24.3 Å². The molecule has 5 heteroatoms. The molecule has 1 aromatic heterocycles. The molecule has 3 aromatic carbocycles. The fraction of sp³-hybridized carbons (Fsp3) is 0.0435. The van der Waals surface area contributed by atoms with Crippen LogP contribution in [0, 0.1) is 0 Å². The molecule has 5 nitrogen and oxygen atoms in total. The number of hydrogen-bond donors (Lipinski definition) is 1. The van der Waals surface area contributed by atoms with Crippen LogP contribution in [0.3, 0.4) is 0 Å². The van der Waals surface area contributed by atoms with E-state index >= 15 is 0 Å². The number of nitrogens with one attached hydrogen (secondary N) is 1. The first-order valence-corrected chi connectivity index (χ1v) is 8.79. The zero-order valence-corrected chi connectivity index (χ0v) is 14.9. The van der Waals surface area contributed by atoms with Gasteiger partial charge >= 0.3 is 5.63 Å². The maximum absolute atomic E-state index is 12.1. The first kappa shape index (κ1) is 17.5. The highest BCUT2D eigenvalue weighted by atomic mass is 16.5. The molecule has 138 valence electrons. The first-order valence-electron chi connectivity index (χ1n) is 8.79. The second-order valence-electron chi connectivity index (χ2n) is 6.23. The molecule has 4 aromatic rings. The highest BCUT2D eigenvalue weighted by Gasteiger charge is 2.06. The van der Waals surface area contributed by atoms with Crippen LogP contribution in [0.5, 0.6) is 5.75 Å². The third kappa shape index (κ3) is 4.10. The molecule has 0 saturated heterocycles. The first-order chi connectivity index (χ1) is 13.7. The molecule has 28 heavy (non-hydrogen) atoms. The second-order valence-corrected chi connectivity index (χ2v) is 6.23. The Hall–Kier alpha value is -3.86.